The van der Waals surface area contributed by atoms with Crippen LogP contribution in [-0.2, 0) is 0 Å². The zero-order valence-electron chi connectivity index (χ0n) is 62.1. The minimum atomic E-state index is -0.935. The lowest BCUT2D eigenvalue weighted by molar-refractivity contribution is 0.706. The van der Waals surface area contributed by atoms with Crippen molar-refractivity contribution in [3.63, 3.8) is 0 Å². The van der Waals surface area contributed by atoms with Gasteiger partial charge in [-0.15, -0.1) is 17.9 Å². The smallest absolute Gasteiger partial charge is 0.0360 e. The molecule has 116 heavy (non-hydrogen) atoms. The summed E-state index contributed by atoms with van der Waals surface area (Å²) in [6, 6.07) is 83.7. The van der Waals surface area contributed by atoms with E-state index in [1.807, 2.05) is 0 Å². The molecule has 0 spiro atoms. The fourth-order valence-corrected chi connectivity index (χ4v) is 18.2. The zero-order valence-corrected chi connectivity index (χ0v) is 66.2. The largest absolute Gasteiger partial charge is 0.118 e. The molecule has 552 valence electrons. The summed E-state index contributed by atoms with van der Waals surface area (Å²) in [5.41, 5.74) is 14.9. The van der Waals surface area contributed by atoms with Gasteiger partial charge in [0.2, 0.25) is 0 Å². The average molecular weight is 1550 g/mol. The average Bonchev–Trinajstić information content (AvgIpc) is 0.671. The molecule has 0 nitrogen and oxygen atoms in total. The van der Waals surface area contributed by atoms with Gasteiger partial charge in [0.05, 0.1) is 0 Å². The van der Waals surface area contributed by atoms with Gasteiger partial charge in [-0.25, -0.2) is 0 Å². The minimum absolute atomic E-state index is 0. The molecule has 0 aliphatic heterocycles. The van der Waals surface area contributed by atoms with Crippen LogP contribution in [0.4, 0.5) is 0 Å². The van der Waals surface area contributed by atoms with E-state index in [2.05, 4.69) is 556 Å². The molecule has 0 radical (unpaired) electrons. The summed E-state index contributed by atoms with van der Waals surface area (Å²) < 4.78 is 0. The van der Waals surface area contributed by atoms with Gasteiger partial charge >= 0.3 is 0 Å². The second-order valence-corrected chi connectivity index (χ2v) is 27.2. The molecule has 8 aromatic carbocycles. The number of rotatable bonds is 7. The van der Waals surface area contributed by atoms with Gasteiger partial charge in [0.15, 0.2) is 0 Å². The zero-order chi connectivity index (χ0) is 80.3. The van der Waals surface area contributed by atoms with Gasteiger partial charge in [-0.1, -0.05) is 230 Å². The molecule has 0 N–H and O–H groups in total. The fraction of sp³-hybridized carbons (Fsp3) is 0.0536. The van der Waals surface area contributed by atoms with Gasteiger partial charge in [0.1, 0.15) is 0 Å². The summed E-state index contributed by atoms with van der Waals surface area (Å²) in [5, 5.41) is 8.88. The van der Waals surface area contributed by atoms with Crippen LogP contribution in [0.3, 0.4) is 0 Å². The molecule has 0 fully saturated rings. The van der Waals surface area contributed by atoms with Gasteiger partial charge in [0.25, 0.3) is 0 Å². The summed E-state index contributed by atoms with van der Waals surface area (Å²) in [6.07, 6.45) is 0. The van der Waals surface area contributed by atoms with Crippen LogP contribution in [0, 0.1) is 320 Å². The van der Waals surface area contributed by atoms with E-state index < -0.39 is 15.8 Å². The lowest BCUT2D eigenvalue weighted by Gasteiger charge is -2.52. The molecule has 6 aliphatic carbocycles. The molecule has 0 heterocycles. The predicted molar refractivity (Wildman–Crippen MR) is 522 cm³/mol. The van der Waals surface area contributed by atoms with E-state index in [4.69, 9.17) is 0 Å². The topological polar surface area (TPSA) is 0 Å². The highest BCUT2D eigenvalue weighted by atomic mass is 32.0. The van der Waals surface area contributed by atoms with Crippen molar-refractivity contribution < 1.29 is 24.3 Å². The van der Waals surface area contributed by atoms with Crippen molar-refractivity contribution in [3.8, 4) is 320 Å². The van der Waals surface area contributed by atoms with E-state index in [0.29, 0.717) is 0 Å². The van der Waals surface area contributed by atoms with Crippen molar-refractivity contribution >= 4 is 54.9 Å². The van der Waals surface area contributed by atoms with E-state index in [1.165, 1.54) is 65.7 Å². The molecular formula is C112H84P4. The Morgan fingerprint density at radius 3 is 0.431 bits per heavy atom. The first-order valence-electron chi connectivity index (χ1n) is 35.1. The summed E-state index contributed by atoms with van der Waals surface area (Å²) >= 11 is 0. The molecule has 2 unspecified atom stereocenters. The van der Waals surface area contributed by atoms with Crippen molar-refractivity contribution in [2.24, 2.45) is 0 Å². The van der Waals surface area contributed by atoms with E-state index in [0.717, 1.165) is 0 Å². The molecule has 8 aromatic rings. The van der Waals surface area contributed by atoms with E-state index in [9.17, 15) is 0 Å². The van der Waals surface area contributed by atoms with E-state index in [1.54, 1.807) is 35.6 Å². The molecular weight excluding hydrogens is 1470 g/mol. The lowest BCUT2D eigenvalue weighted by Crippen LogP contribution is -2.36. The normalized spacial score (nSPS) is 11.7. The van der Waals surface area contributed by atoms with Crippen LogP contribution in [0.15, 0.2) is 240 Å². The van der Waals surface area contributed by atoms with Gasteiger partial charge in [-0.2, -0.15) is 0 Å². The third-order valence-electron chi connectivity index (χ3n) is 16.4. The Morgan fingerprint density at radius 1 is 0.172 bits per heavy atom. The second-order valence-electron chi connectivity index (χ2n) is 22.9. The SMILES string of the molecule is CC#CC#CC#CC#CC#CC#CC#CC#CC#CC#CC#CC#CC#CC#CC#CC#CC#CC#CC#CC#CC#CC#CC#CC#CC#CC#CC#CC.PP.[HH].[HH].[HH].[HH].[HH].[HH].[HH].[HH].[HH].[HH].[HH].[HH].[HH].[HH].[HH].[HH].[HH].c1ccc(P(C2=C(C3=C(P(c4ccccc4)c4ccccc4)C4c5ccccc5C3c3ccccc34)C3c4ccccc4C2c2ccccc23)c2ccccc2)cc1. The maximum absolute atomic E-state index is 2.63. The summed E-state index contributed by atoms with van der Waals surface area (Å²) in [6.45, 7) is 3.37. The van der Waals surface area contributed by atoms with Gasteiger partial charge in [0, 0.05) is 261 Å². The Hall–Kier alpha value is -16.9. The third kappa shape index (κ3) is 23.3. The molecule has 2 atom stereocenters. The lowest BCUT2D eigenvalue weighted by atomic mass is 9.57. The Bertz CT molecular complexity index is 6730. The first kappa shape index (κ1) is 81.6. The standard InChI is InChI=1S/C56H40P2.C56H6.H4P2.17H2/c1-5-21-37(22-6-1)57(38-23-7-2-8-24-38)55-51-45-33-17-13-29-41(45)49(42-30-14-18-34-46(42)51)53(55)54-50-43-31-15-19-35-47(43)52(48-36-20-16-32-44(48)50)56(54)58(39-25-9-3-10-26-39)40-27-11-4-12-28-40;1-3-5-7-9-11-13-15-17-19-21-23-25-27-29-31-33-35-37-39-41-43-45-47-49-51-53-55-56-54-52-50-48-46-44-42-40-38-36-34-32-30-28-26-24-22-20-18-16-14-12-10-8-6-4-2;1-2;;;;;;;;;;;;;;;;;/h1-36,49-52H;1-2H3;1-2H2;17*1H. The van der Waals surface area contributed by atoms with Crippen LogP contribution in [-0.4, -0.2) is 0 Å². The first-order chi connectivity index (χ1) is 57.8. The Morgan fingerprint density at radius 2 is 0.293 bits per heavy atom. The first-order valence-corrected chi connectivity index (χ1v) is 40.4. The molecule has 0 saturated heterocycles. The fourth-order valence-electron chi connectivity index (χ4n) is 12.6. The number of allylic oxidation sites excluding steroid dienone is 4. The molecule has 0 amide bonds. The number of fused-ring (bicyclic) bond motifs is 1. The molecule has 14 rings (SSSR count). The van der Waals surface area contributed by atoms with Crippen molar-refractivity contribution in [3.05, 3.63) is 285 Å². The van der Waals surface area contributed by atoms with Gasteiger partial charge in [-0.05, 0) is 212 Å². The van der Waals surface area contributed by atoms with Gasteiger partial charge in [-0.3, -0.25) is 0 Å². The molecule has 6 aliphatic rings. The highest BCUT2D eigenvalue weighted by molar-refractivity contribution is 7.92. The summed E-state index contributed by atoms with van der Waals surface area (Å²) in [5.74, 6) is 136. The van der Waals surface area contributed by atoms with Crippen LogP contribution >= 0.6 is 33.7 Å². The monoisotopic (exact) mass is 1550 g/mol. The van der Waals surface area contributed by atoms with Crippen LogP contribution in [0.5, 0.6) is 0 Å². The van der Waals surface area contributed by atoms with E-state index in [-0.39, 0.29) is 47.9 Å². The van der Waals surface area contributed by atoms with Crippen molar-refractivity contribution in [2.75, 3.05) is 0 Å². The van der Waals surface area contributed by atoms with Crippen LogP contribution in [0.2, 0.25) is 0 Å². The quantitative estimate of drug-likeness (QED) is 0.110. The number of hydrogen-bond acceptors (Lipinski definition) is 0. The Kier molecular flexibility index (Phi) is 33.6. The van der Waals surface area contributed by atoms with Crippen molar-refractivity contribution in [1.82, 2.24) is 0 Å². The highest BCUT2D eigenvalue weighted by Crippen LogP contribution is 2.72. The number of hydrogen-bond donors (Lipinski definition) is 0. The third-order valence-corrected chi connectivity index (χ3v) is 21.6. The van der Waals surface area contributed by atoms with Crippen molar-refractivity contribution in [1.29, 1.82) is 0 Å². The van der Waals surface area contributed by atoms with Crippen molar-refractivity contribution in [2.45, 2.75) is 37.5 Å². The highest BCUT2D eigenvalue weighted by Gasteiger charge is 2.53. The van der Waals surface area contributed by atoms with Gasteiger partial charge < -0.3 is 0 Å². The molecule has 4 bridgehead atoms. The molecule has 4 heteroatoms. The summed E-state index contributed by atoms with van der Waals surface area (Å²) in [7, 11) is 2.80. The van der Waals surface area contributed by atoms with E-state index >= 15 is 0 Å². The Labute approximate surface area is 717 Å². The maximum atomic E-state index is 2.63. The second kappa shape index (κ2) is 47.8. The van der Waals surface area contributed by atoms with Crippen LogP contribution < -0.4 is 21.2 Å². The molecule has 0 saturated carbocycles. The maximum Gasteiger partial charge on any atom is 0.0360 e. The minimum Gasteiger partial charge on any atom is -0.118 e. The number of benzene rings is 8. The Balaban J connectivity index is -0.000000342. The molecule has 0 aromatic heterocycles. The van der Waals surface area contributed by atoms with Crippen LogP contribution in [0.25, 0.3) is 0 Å². The summed E-state index contributed by atoms with van der Waals surface area (Å²) in [4.78, 5) is 0. The van der Waals surface area contributed by atoms with Crippen LogP contribution in [0.1, 0.15) is 106 Å². The predicted octanol–water partition coefficient (Wildman–Crippen LogP) is 18.3.